The van der Waals surface area contributed by atoms with E-state index in [4.69, 9.17) is 4.74 Å². The number of hydrogen-bond acceptors (Lipinski definition) is 3. The lowest BCUT2D eigenvalue weighted by Crippen LogP contribution is -2.50. The van der Waals surface area contributed by atoms with Crippen LogP contribution in [0.4, 0.5) is 0 Å². The molecular weight excluding hydrogens is 427 g/mol. The molecule has 144 valence electrons. The summed E-state index contributed by atoms with van der Waals surface area (Å²) in [5.41, 5.74) is 0.943. The fourth-order valence-corrected chi connectivity index (χ4v) is 1.94. The fourth-order valence-electron chi connectivity index (χ4n) is 1.94. The molecule has 25 heavy (non-hydrogen) atoms. The molecule has 0 unspecified atom stereocenters. The Morgan fingerprint density at radius 3 is 2.20 bits per heavy atom. The van der Waals surface area contributed by atoms with E-state index in [1.54, 1.807) is 7.05 Å². The number of nitrogens with zero attached hydrogens (tertiary/aromatic N) is 2. The predicted molar refractivity (Wildman–Crippen MR) is 118 cm³/mol. The average molecular weight is 462 g/mol. The minimum atomic E-state index is -0.217. The van der Waals surface area contributed by atoms with E-state index < -0.39 is 0 Å². The smallest absolute Gasteiger partial charge is 0.191 e. The molecule has 0 aliphatic rings. The van der Waals surface area contributed by atoms with Crippen LogP contribution in [-0.4, -0.2) is 49.7 Å². The van der Waals surface area contributed by atoms with Crippen molar-refractivity contribution in [2.24, 2.45) is 4.99 Å². The van der Waals surface area contributed by atoms with Gasteiger partial charge in [0.05, 0.1) is 0 Å². The van der Waals surface area contributed by atoms with E-state index in [-0.39, 0.29) is 35.1 Å². The average Bonchev–Trinajstić information content (AvgIpc) is 2.47. The number of para-hydroxylation sites is 1. The van der Waals surface area contributed by atoms with E-state index >= 15 is 0 Å². The van der Waals surface area contributed by atoms with Gasteiger partial charge in [-0.1, -0.05) is 18.2 Å². The van der Waals surface area contributed by atoms with Crippen LogP contribution >= 0.6 is 24.0 Å². The first-order chi connectivity index (χ1) is 11.0. The number of halogens is 1. The van der Waals surface area contributed by atoms with E-state index in [1.807, 2.05) is 18.2 Å². The van der Waals surface area contributed by atoms with E-state index in [1.165, 1.54) is 0 Å². The van der Waals surface area contributed by atoms with Crippen LogP contribution < -0.4 is 15.4 Å². The van der Waals surface area contributed by atoms with Gasteiger partial charge in [0.1, 0.15) is 11.4 Å². The monoisotopic (exact) mass is 462 g/mol. The molecule has 0 aliphatic heterocycles. The van der Waals surface area contributed by atoms with Gasteiger partial charge in [-0.05, 0) is 54.8 Å². The minimum absolute atomic E-state index is 0. The quantitative estimate of drug-likeness (QED) is 0.386. The molecule has 2 N–H and O–H groups in total. The van der Waals surface area contributed by atoms with Crippen LogP contribution in [-0.2, 0) is 6.54 Å². The molecule has 0 radical (unpaired) electrons. The lowest BCUT2D eigenvalue weighted by Gasteiger charge is -2.33. The Balaban J connectivity index is 0.00000576. The molecule has 1 aromatic rings. The van der Waals surface area contributed by atoms with Gasteiger partial charge in [-0.3, -0.25) is 4.99 Å². The summed E-state index contributed by atoms with van der Waals surface area (Å²) < 4.78 is 6.04. The van der Waals surface area contributed by atoms with Crippen LogP contribution in [0.15, 0.2) is 29.3 Å². The van der Waals surface area contributed by atoms with Crippen molar-refractivity contribution in [2.75, 3.05) is 27.7 Å². The molecule has 0 atom stereocenters. The summed E-state index contributed by atoms with van der Waals surface area (Å²) >= 11 is 0. The molecule has 0 aliphatic carbocycles. The van der Waals surface area contributed by atoms with E-state index in [2.05, 4.69) is 75.3 Å². The highest BCUT2D eigenvalue weighted by molar-refractivity contribution is 14.0. The SMILES string of the molecule is CN=C(NCc1ccccc1OC(C)(C)C)NCC(C)(C)N(C)C.I. The third kappa shape index (κ3) is 8.76. The third-order valence-corrected chi connectivity index (χ3v) is 3.96. The molecule has 1 aromatic carbocycles. The van der Waals surface area contributed by atoms with Crippen LogP contribution in [0, 0.1) is 0 Å². The summed E-state index contributed by atoms with van der Waals surface area (Å²) in [5.74, 6) is 1.69. The molecule has 0 fully saturated rings. The summed E-state index contributed by atoms with van der Waals surface area (Å²) in [6.45, 7) is 12.0. The standard InChI is InChI=1S/C19H34N4O.HI/c1-18(2,3)24-16-12-10-9-11-15(16)13-21-17(20-6)22-14-19(4,5)23(7)8;/h9-12H,13-14H2,1-8H3,(H2,20,21,22);1H. The molecule has 0 saturated heterocycles. The van der Waals surface area contributed by atoms with Crippen LogP contribution in [0.5, 0.6) is 5.75 Å². The number of guanidine groups is 1. The van der Waals surface area contributed by atoms with Crippen LogP contribution in [0.25, 0.3) is 0 Å². The first-order valence-electron chi connectivity index (χ1n) is 8.44. The lowest BCUT2D eigenvalue weighted by atomic mass is 10.0. The summed E-state index contributed by atoms with van der Waals surface area (Å²) in [6.07, 6.45) is 0. The molecule has 6 heteroatoms. The summed E-state index contributed by atoms with van der Waals surface area (Å²) in [7, 11) is 5.95. The van der Waals surface area contributed by atoms with E-state index in [0.717, 1.165) is 23.8 Å². The van der Waals surface area contributed by atoms with Gasteiger partial charge in [0.15, 0.2) is 5.96 Å². The summed E-state index contributed by atoms with van der Waals surface area (Å²) in [4.78, 5) is 6.50. The van der Waals surface area contributed by atoms with Gasteiger partial charge in [-0.25, -0.2) is 0 Å². The predicted octanol–water partition coefficient (Wildman–Crippen LogP) is 3.49. The van der Waals surface area contributed by atoms with Crippen molar-refractivity contribution >= 4 is 29.9 Å². The highest BCUT2D eigenvalue weighted by atomic mass is 127. The molecule has 0 aromatic heterocycles. The number of aliphatic imine (C=N–C) groups is 1. The number of hydrogen-bond donors (Lipinski definition) is 2. The Labute approximate surface area is 170 Å². The third-order valence-electron chi connectivity index (χ3n) is 3.96. The van der Waals surface area contributed by atoms with Crippen molar-refractivity contribution in [1.82, 2.24) is 15.5 Å². The van der Waals surface area contributed by atoms with Gasteiger partial charge < -0.3 is 20.3 Å². The van der Waals surface area contributed by atoms with Crippen molar-refractivity contribution in [2.45, 2.75) is 52.3 Å². The number of benzene rings is 1. The second-order valence-corrected chi connectivity index (χ2v) is 7.81. The maximum atomic E-state index is 6.04. The topological polar surface area (TPSA) is 48.9 Å². The second kappa shape index (κ2) is 10.2. The normalized spacial score (nSPS) is 12.6. The zero-order valence-corrected chi connectivity index (χ0v) is 19.3. The Morgan fingerprint density at radius 1 is 1.08 bits per heavy atom. The summed E-state index contributed by atoms with van der Waals surface area (Å²) in [5, 5.41) is 6.75. The van der Waals surface area contributed by atoms with Crippen LogP contribution in [0.3, 0.4) is 0 Å². The highest BCUT2D eigenvalue weighted by Crippen LogP contribution is 2.22. The van der Waals surface area contributed by atoms with Crippen molar-refractivity contribution in [3.63, 3.8) is 0 Å². The second-order valence-electron chi connectivity index (χ2n) is 7.81. The molecule has 0 bridgehead atoms. The molecule has 5 nitrogen and oxygen atoms in total. The summed E-state index contributed by atoms with van der Waals surface area (Å²) in [6, 6.07) is 8.11. The molecule has 1 rings (SSSR count). The number of nitrogens with one attached hydrogen (secondary N) is 2. The van der Waals surface area contributed by atoms with Gasteiger partial charge in [-0.15, -0.1) is 24.0 Å². The first kappa shape index (κ1) is 24.0. The maximum absolute atomic E-state index is 6.04. The van der Waals surface area contributed by atoms with Gasteiger partial charge in [0.25, 0.3) is 0 Å². The first-order valence-corrected chi connectivity index (χ1v) is 8.44. The van der Waals surface area contributed by atoms with Crippen molar-refractivity contribution in [3.8, 4) is 5.75 Å². The molecule has 0 spiro atoms. The van der Waals surface area contributed by atoms with Crippen molar-refractivity contribution in [3.05, 3.63) is 29.8 Å². The van der Waals surface area contributed by atoms with Crippen LogP contribution in [0.1, 0.15) is 40.2 Å². The number of ether oxygens (including phenoxy) is 1. The fraction of sp³-hybridized carbons (Fsp3) is 0.632. The van der Waals surface area contributed by atoms with Crippen molar-refractivity contribution in [1.29, 1.82) is 0 Å². The zero-order chi connectivity index (χ0) is 18.4. The van der Waals surface area contributed by atoms with Gasteiger partial charge in [0, 0.05) is 31.2 Å². The highest BCUT2D eigenvalue weighted by Gasteiger charge is 2.20. The largest absolute Gasteiger partial charge is 0.488 e. The van der Waals surface area contributed by atoms with E-state index in [0.29, 0.717) is 6.54 Å². The Bertz CT molecular complexity index is 551. The molecule has 0 saturated carbocycles. The molecular formula is C19H35IN4O. The van der Waals surface area contributed by atoms with Gasteiger partial charge >= 0.3 is 0 Å². The van der Waals surface area contributed by atoms with Gasteiger partial charge in [-0.2, -0.15) is 0 Å². The van der Waals surface area contributed by atoms with Crippen molar-refractivity contribution < 1.29 is 4.74 Å². The lowest BCUT2D eigenvalue weighted by molar-refractivity contribution is 0.129. The Morgan fingerprint density at radius 2 is 1.68 bits per heavy atom. The zero-order valence-electron chi connectivity index (χ0n) is 16.9. The maximum Gasteiger partial charge on any atom is 0.191 e. The minimum Gasteiger partial charge on any atom is -0.488 e. The number of likely N-dealkylation sites (N-methyl/N-ethyl adjacent to an activating group) is 1. The molecule has 0 amide bonds. The van der Waals surface area contributed by atoms with Gasteiger partial charge in [0.2, 0.25) is 0 Å². The molecule has 0 heterocycles. The Hall–Kier alpha value is -1.02. The van der Waals surface area contributed by atoms with Crippen LogP contribution in [0.2, 0.25) is 0 Å². The Kier molecular flexibility index (Phi) is 9.79. The van der Waals surface area contributed by atoms with E-state index in [9.17, 15) is 0 Å². The number of rotatable bonds is 6.